The van der Waals surface area contributed by atoms with Crippen LogP contribution in [0.15, 0.2) is 15.8 Å². The first-order valence-electron chi connectivity index (χ1n) is 6.21. The number of rotatable bonds is 4. The Morgan fingerprint density at radius 1 is 1.60 bits per heavy atom. The molecule has 2 heterocycles. The van der Waals surface area contributed by atoms with Gasteiger partial charge in [-0.2, -0.15) is 0 Å². The number of aromatic nitrogens is 2. The van der Waals surface area contributed by atoms with E-state index in [-0.39, 0.29) is 6.42 Å². The van der Waals surface area contributed by atoms with E-state index < -0.39 is 37.9 Å². The van der Waals surface area contributed by atoms with Gasteiger partial charge >= 0.3 is 13.9 Å². The molecule has 1 aromatic rings. The molecule has 0 saturated carbocycles. The zero-order valence-electron chi connectivity index (χ0n) is 11.1. The molecule has 0 bridgehead atoms. The summed E-state index contributed by atoms with van der Waals surface area (Å²) in [5, 5.41) is 0. The maximum Gasteiger partial charge on any atom is 0.488 e. The minimum atomic E-state index is -2.98. The molecule has 9 heteroatoms. The topological polar surface area (TPSA) is 113 Å². The minimum absolute atomic E-state index is 0.229. The SMILES string of the molecule is CC[C@H]1O[C@@H](n2cc(C)c(=O)[nH]c2=O)CC1O[P+](=O)[O-]. The van der Waals surface area contributed by atoms with Crippen LogP contribution in [0.2, 0.25) is 0 Å². The van der Waals surface area contributed by atoms with Gasteiger partial charge in [0.1, 0.15) is 12.3 Å². The third kappa shape index (κ3) is 3.04. The van der Waals surface area contributed by atoms with Gasteiger partial charge in [-0.05, 0) is 17.9 Å². The predicted octanol–water partition coefficient (Wildman–Crippen LogP) is -0.0546. The molecular weight excluding hydrogens is 287 g/mol. The Bertz CT molecular complexity index is 624. The van der Waals surface area contributed by atoms with Crippen LogP contribution in [0.5, 0.6) is 0 Å². The molecule has 0 aliphatic carbocycles. The Morgan fingerprint density at radius 2 is 2.30 bits per heavy atom. The second kappa shape index (κ2) is 5.97. The Kier molecular flexibility index (Phi) is 4.49. The molecule has 1 fully saturated rings. The predicted molar refractivity (Wildman–Crippen MR) is 67.4 cm³/mol. The van der Waals surface area contributed by atoms with Crippen molar-refractivity contribution in [2.24, 2.45) is 0 Å². The monoisotopic (exact) mass is 302 g/mol. The normalized spacial score (nSPS) is 26.8. The van der Waals surface area contributed by atoms with Crippen molar-refractivity contribution < 1.29 is 18.7 Å². The average Bonchev–Trinajstić information content (AvgIpc) is 2.75. The lowest BCUT2D eigenvalue weighted by molar-refractivity contribution is -0.190. The van der Waals surface area contributed by atoms with Crippen molar-refractivity contribution in [3.63, 3.8) is 0 Å². The highest BCUT2D eigenvalue weighted by atomic mass is 31.1. The fourth-order valence-corrected chi connectivity index (χ4v) is 2.70. The van der Waals surface area contributed by atoms with E-state index in [0.29, 0.717) is 12.0 Å². The smallest absolute Gasteiger partial charge is 0.488 e. The van der Waals surface area contributed by atoms with E-state index in [9.17, 15) is 19.0 Å². The van der Waals surface area contributed by atoms with Gasteiger partial charge in [-0.3, -0.25) is 14.3 Å². The molecular formula is C11H15N2O6P. The van der Waals surface area contributed by atoms with Crippen LogP contribution in [-0.2, 0) is 13.8 Å². The lowest BCUT2D eigenvalue weighted by atomic mass is 10.1. The summed E-state index contributed by atoms with van der Waals surface area (Å²) in [6.45, 7) is 3.41. The van der Waals surface area contributed by atoms with Gasteiger partial charge in [0.2, 0.25) is 0 Å². The largest absolute Gasteiger partial charge is 0.566 e. The van der Waals surface area contributed by atoms with Crippen molar-refractivity contribution in [1.29, 1.82) is 0 Å². The molecule has 0 aromatic carbocycles. The number of nitrogens with one attached hydrogen (secondary N) is 1. The van der Waals surface area contributed by atoms with Crippen molar-refractivity contribution in [1.82, 2.24) is 9.55 Å². The zero-order valence-corrected chi connectivity index (χ0v) is 12.0. The molecule has 0 spiro atoms. The second-order valence-electron chi connectivity index (χ2n) is 4.62. The summed E-state index contributed by atoms with van der Waals surface area (Å²) in [7, 11) is -2.98. The van der Waals surface area contributed by atoms with Gasteiger partial charge in [0.25, 0.3) is 5.56 Å². The Balaban J connectivity index is 2.27. The minimum Gasteiger partial charge on any atom is -0.566 e. The summed E-state index contributed by atoms with van der Waals surface area (Å²) in [4.78, 5) is 35.9. The fraction of sp³-hybridized carbons (Fsp3) is 0.636. The lowest BCUT2D eigenvalue weighted by Gasteiger charge is -2.14. The van der Waals surface area contributed by atoms with E-state index in [2.05, 4.69) is 4.98 Å². The van der Waals surface area contributed by atoms with Gasteiger partial charge in [-0.1, -0.05) is 6.92 Å². The van der Waals surface area contributed by atoms with Gasteiger partial charge in [0, 0.05) is 18.2 Å². The van der Waals surface area contributed by atoms with Crippen molar-refractivity contribution in [2.75, 3.05) is 0 Å². The summed E-state index contributed by atoms with van der Waals surface area (Å²) in [6, 6.07) is 0. The Morgan fingerprint density at radius 3 is 2.90 bits per heavy atom. The highest BCUT2D eigenvalue weighted by molar-refractivity contribution is 7.30. The first-order valence-corrected chi connectivity index (χ1v) is 7.30. The molecule has 20 heavy (non-hydrogen) atoms. The van der Waals surface area contributed by atoms with Crippen LogP contribution in [0.25, 0.3) is 0 Å². The van der Waals surface area contributed by atoms with Gasteiger partial charge in [-0.25, -0.2) is 4.79 Å². The third-order valence-electron chi connectivity index (χ3n) is 3.26. The molecule has 1 aliphatic rings. The van der Waals surface area contributed by atoms with Gasteiger partial charge in [-0.15, -0.1) is 4.52 Å². The fourth-order valence-electron chi connectivity index (χ4n) is 2.26. The number of H-pyrrole nitrogens is 1. The van der Waals surface area contributed by atoms with E-state index in [1.54, 1.807) is 6.92 Å². The van der Waals surface area contributed by atoms with E-state index in [1.807, 2.05) is 6.92 Å². The summed E-state index contributed by atoms with van der Waals surface area (Å²) < 4.78 is 22.4. The zero-order chi connectivity index (χ0) is 14.9. The van der Waals surface area contributed by atoms with Crippen molar-refractivity contribution in [3.8, 4) is 0 Å². The quantitative estimate of drug-likeness (QED) is 0.780. The highest BCUT2D eigenvalue weighted by Gasteiger charge is 2.39. The van der Waals surface area contributed by atoms with Gasteiger partial charge in [0.15, 0.2) is 0 Å². The molecule has 1 N–H and O–H groups in total. The second-order valence-corrected chi connectivity index (χ2v) is 5.28. The first kappa shape index (κ1) is 15.1. The maximum absolute atomic E-state index is 11.8. The molecule has 8 nitrogen and oxygen atoms in total. The first-order chi connectivity index (χ1) is 9.42. The summed E-state index contributed by atoms with van der Waals surface area (Å²) in [5.74, 6) is 0. The molecule has 1 aromatic heterocycles. The molecule has 1 saturated heterocycles. The number of hydrogen-bond donors (Lipinski definition) is 1. The van der Waals surface area contributed by atoms with E-state index in [4.69, 9.17) is 9.26 Å². The summed E-state index contributed by atoms with van der Waals surface area (Å²) in [6.07, 6.45) is 0.507. The van der Waals surface area contributed by atoms with Crippen LogP contribution >= 0.6 is 8.25 Å². The van der Waals surface area contributed by atoms with E-state index >= 15 is 0 Å². The van der Waals surface area contributed by atoms with E-state index in [1.165, 1.54) is 10.8 Å². The third-order valence-corrected chi connectivity index (χ3v) is 3.70. The maximum atomic E-state index is 11.8. The highest BCUT2D eigenvalue weighted by Crippen LogP contribution is 2.34. The summed E-state index contributed by atoms with van der Waals surface area (Å²) >= 11 is 0. The molecule has 1 aliphatic heterocycles. The van der Waals surface area contributed by atoms with Crippen molar-refractivity contribution in [3.05, 3.63) is 32.6 Å². The average molecular weight is 302 g/mol. The molecule has 2 unspecified atom stereocenters. The van der Waals surface area contributed by atoms with Crippen LogP contribution in [0, 0.1) is 6.92 Å². The van der Waals surface area contributed by atoms with Crippen LogP contribution in [-0.4, -0.2) is 21.8 Å². The van der Waals surface area contributed by atoms with Crippen molar-refractivity contribution >= 4 is 8.25 Å². The van der Waals surface area contributed by atoms with Crippen LogP contribution in [0.1, 0.15) is 31.6 Å². The van der Waals surface area contributed by atoms with Crippen LogP contribution < -0.4 is 16.1 Å². The molecule has 0 radical (unpaired) electrons. The standard InChI is InChI=1S/C11H15N2O6P/c1-3-7-8(19-20(16)17)4-9(18-7)13-5-6(2)10(14)12-11(13)15/h5,7-9H,3-4H2,1-2H3,(H,12,14,15)/t7-,8?,9-/m1/s1. The van der Waals surface area contributed by atoms with Gasteiger partial charge in [0.05, 0.1) is 6.10 Å². The van der Waals surface area contributed by atoms with Crippen LogP contribution in [0.4, 0.5) is 0 Å². The number of aromatic amines is 1. The molecule has 4 atom stereocenters. The Labute approximate surface area is 115 Å². The lowest BCUT2D eigenvalue weighted by Crippen LogP contribution is -2.33. The molecule has 0 amide bonds. The molecule has 110 valence electrons. The van der Waals surface area contributed by atoms with E-state index in [0.717, 1.165) is 0 Å². The van der Waals surface area contributed by atoms with Crippen LogP contribution in [0.3, 0.4) is 0 Å². The number of aryl methyl sites for hydroxylation is 1. The van der Waals surface area contributed by atoms with Gasteiger partial charge < -0.3 is 9.63 Å². The number of nitrogens with zero attached hydrogens (tertiary/aromatic N) is 1. The Hall–Kier alpha value is -1.34. The number of ether oxygens (including phenoxy) is 1. The molecule has 2 rings (SSSR count). The number of hydrogen-bond acceptors (Lipinski definition) is 6. The van der Waals surface area contributed by atoms with Crippen molar-refractivity contribution in [2.45, 2.75) is 45.1 Å². The summed E-state index contributed by atoms with van der Waals surface area (Å²) in [5.41, 5.74) is -0.667.